The highest BCUT2D eigenvalue weighted by Gasteiger charge is 2.05. The Hall–Kier alpha value is -1.82. The summed E-state index contributed by atoms with van der Waals surface area (Å²) in [5, 5.41) is 10.1. The lowest BCUT2D eigenvalue weighted by molar-refractivity contribution is 0.388. The summed E-state index contributed by atoms with van der Waals surface area (Å²) in [4.78, 5) is 8.28. The lowest BCUT2D eigenvalue weighted by Gasteiger charge is -2.07. The normalized spacial score (nSPS) is 10.2. The van der Waals surface area contributed by atoms with Crippen LogP contribution in [-0.2, 0) is 6.54 Å². The lowest BCUT2D eigenvalue weighted by Crippen LogP contribution is -2.06. The molecule has 0 saturated heterocycles. The minimum absolute atomic E-state index is 0.464. The summed E-state index contributed by atoms with van der Waals surface area (Å²) in [6.45, 7) is 3.20. The molecule has 2 aromatic rings. The summed E-state index contributed by atoms with van der Waals surface area (Å²) in [5.41, 5.74) is 0. The Labute approximate surface area is 103 Å². The van der Waals surface area contributed by atoms with Crippen LogP contribution >= 0.6 is 11.6 Å². The number of halogens is 1. The standard InChI is InChI=1S/C10H12ClN5O/c1-2-12-10-14-6-8(11)9(16-10)13-5-7-3-4-15-17-7/h3-4,6H,2,5H2,1H3,(H2,12,13,14,16). The van der Waals surface area contributed by atoms with Gasteiger partial charge in [-0.25, -0.2) is 4.98 Å². The second kappa shape index (κ2) is 5.49. The van der Waals surface area contributed by atoms with Crippen molar-refractivity contribution in [3.63, 3.8) is 0 Å². The van der Waals surface area contributed by atoms with Crippen LogP contribution in [0.25, 0.3) is 0 Å². The Kier molecular flexibility index (Phi) is 3.77. The van der Waals surface area contributed by atoms with Gasteiger partial charge in [-0.3, -0.25) is 0 Å². The summed E-state index contributed by atoms with van der Waals surface area (Å²) in [6, 6.07) is 1.77. The molecule has 0 fully saturated rings. The van der Waals surface area contributed by atoms with Gasteiger partial charge in [0.2, 0.25) is 5.95 Å². The molecule has 0 radical (unpaired) electrons. The van der Waals surface area contributed by atoms with Gasteiger partial charge in [0.1, 0.15) is 5.02 Å². The molecule has 2 N–H and O–H groups in total. The van der Waals surface area contributed by atoms with E-state index in [0.29, 0.717) is 29.1 Å². The van der Waals surface area contributed by atoms with Crippen molar-refractivity contribution in [3.05, 3.63) is 29.2 Å². The molecule has 2 heterocycles. The average molecular weight is 254 g/mol. The zero-order valence-electron chi connectivity index (χ0n) is 9.27. The Balaban J connectivity index is 2.06. The number of aromatic nitrogens is 3. The number of nitrogens with one attached hydrogen (secondary N) is 2. The molecule has 0 atom stereocenters. The number of anilines is 2. The van der Waals surface area contributed by atoms with Crippen molar-refractivity contribution in [1.29, 1.82) is 0 Å². The molecule has 6 nitrogen and oxygen atoms in total. The molecular weight excluding hydrogens is 242 g/mol. The highest BCUT2D eigenvalue weighted by atomic mass is 35.5. The van der Waals surface area contributed by atoms with E-state index in [1.165, 1.54) is 0 Å². The minimum Gasteiger partial charge on any atom is -0.361 e. The van der Waals surface area contributed by atoms with E-state index < -0.39 is 0 Å². The summed E-state index contributed by atoms with van der Waals surface area (Å²) in [7, 11) is 0. The predicted octanol–water partition coefficient (Wildman–Crippen LogP) is 2.16. The van der Waals surface area contributed by atoms with Crippen LogP contribution in [0.4, 0.5) is 11.8 Å². The second-order valence-corrected chi connectivity index (χ2v) is 3.66. The Morgan fingerprint density at radius 3 is 3.00 bits per heavy atom. The molecule has 2 aromatic heterocycles. The molecule has 0 aliphatic carbocycles. The van der Waals surface area contributed by atoms with Crippen molar-refractivity contribution in [2.45, 2.75) is 13.5 Å². The van der Waals surface area contributed by atoms with Crippen LogP contribution in [0, 0.1) is 0 Å². The van der Waals surface area contributed by atoms with E-state index in [1.54, 1.807) is 18.5 Å². The van der Waals surface area contributed by atoms with Crippen molar-refractivity contribution < 1.29 is 4.52 Å². The van der Waals surface area contributed by atoms with Crippen LogP contribution < -0.4 is 10.6 Å². The first kappa shape index (κ1) is 11.7. The van der Waals surface area contributed by atoms with Crippen molar-refractivity contribution in [3.8, 4) is 0 Å². The zero-order chi connectivity index (χ0) is 12.1. The van der Waals surface area contributed by atoms with E-state index in [9.17, 15) is 0 Å². The van der Waals surface area contributed by atoms with Crippen LogP contribution in [0.1, 0.15) is 12.7 Å². The topological polar surface area (TPSA) is 75.9 Å². The molecule has 0 saturated carbocycles. The number of hydrogen-bond donors (Lipinski definition) is 2. The monoisotopic (exact) mass is 253 g/mol. The molecular formula is C10H12ClN5O. The summed E-state index contributed by atoms with van der Waals surface area (Å²) < 4.78 is 4.96. The summed E-state index contributed by atoms with van der Waals surface area (Å²) >= 11 is 5.98. The molecule has 0 aliphatic heterocycles. The van der Waals surface area contributed by atoms with Crippen LogP contribution in [0.5, 0.6) is 0 Å². The molecule has 0 aromatic carbocycles. The molecule has 0 bridgehead atoms. The average Bonchev–Trinajstić information content (AvgIpc) is 2.83. The predicted molar refractivity (Wildman–Crippen MR) is 65.0 cm³/mol. The largest absolute Gasteiger partial charge is 0.361 e. The van der Waals surface area contributed by atoms with Crippen LogP contribution in [0.3, 0.4) is 0 Å². The van der Waals surface area contributed by atoms with Gasteiger partial charge in [0.15, 0.2) is 11.6 Å². The third-order valence-corrected chi connectivity index (χ3v) is 2.28. The molecule has 17 heavy (non-hydrogen) atoms. The van der Waals surface area contributed by atoms with Gasteiger partial charge in [-0.1, -0.05) is 16.8 Å². The lowest BCUT2D eigenvalue weighted by atomic mass is 10.4. The maximum absolute atomic E-state index is 5.98. The zero-order valence-corrected chi connectivity index (χ0v) is 10.0. The maximum Gasteiger partial charge on any atom is 0.224 e. The molecule has 2 rings (SSSR count). The maximum atomic E-state index is 5.98. The summed E-state index contributed by atoms with van der Waals surface area (Å²) in [5.74, 6) is 1.82. The van der Waals surface area contributed by atoms with Gasteiger partial charge in [0.05, 0.1) is 18.9 Å². The van der Waals surface area contributed by atoms with Crippen molar-refractivity contribution in [2.24, 2.45) is 0 Å². The third-order valence-electron chi connectivity index (χ3n) is 2.00. The van der Waals surface area contributed by atoms with Gasteiger partial charge in [0, 0.05) is 12.6 Å². The first-order valence-electron chi connectivity index (χ1n) is 5.19. The first-order chi connectivity index (χ1) is 8.29. The highest BCUT2D eigenvalue weighted by molar-refractivity contribution is 6.32. The quantitative estimate of drug-likeness (QED) is 0.851. The van der Waals surface area contributed by atoms with Gasteiger partial charge in [0.25, 0.3) is 0 Å². The van der Waals surface area contributed by atoms with Crippen molar-refractivity contribution in [1.82, 2.24) is 15.1 Å². The molecule has 7 heteroatoms. The fourth-order valence-electron chi connectivity index (χ4n) is 1.24. The highest BCUT2D eigenvalue weighted by Crippen LogP contribution is 2.19. The molecule has 90 valence electrons. The Morgan fingerprint density at radius 1 is 1.41 bits per heavy atom. The Morgan fingerprint density at radius 2 is 2.29 bits per heavy atom. The van der Waals surface area contributed by atoms with Crippen LogP contribution in [0.2, 0.25) is 5.02 Å². The number of rotatable bonds is 5. The third kappa shape index (κ3) is 3.07. The smallest absolute Gasteiger partial charge is 0.224 e. The van der Waals surface area contributed by atoms with Crippen molar-refractivity contribution in [2.75, 3.05) is 17.2 Å². The van der Waals surface area contributed by atoms with E-state index >= 15 is 0 Å². The molecule has 0 spiro atoms. The fraction of sp³-hybridized carbons (Fsp3) is 0.300. The van der Waals surface area contributed by atoms with Crippen molar-refractivity contribution >= 4 is 23.4 Å². The first-order valence-corrected chi connectivity index (χ1v) is 5.57. The van der Waals surface area contributed by atoms with Gasteiger partial charge in [-0.15, -0.1) is 0 Å². The number of nitrogens with zero attached hydrogens (tertiary/aromatic N) is 3. The van der Waals surface area contributed by atoms with E-state index in [2.05, 4.69) is 25.8 Å². The second-order valence-electron chi connectivity index (χ2n) is 3.25. The van der Waals surface area contributed by atoms with Gasteiger partial charge >= 0.3 is 0 Å². The van der Waals surface area contributed by atoms with Crippen LogP contribution in [-0.4, -0.2) is 21.7 Å². The van der Waals surface area contributed by atoms with Gasteiger partial charge in [-0.05, 0) is 6.92 Å². The van der Waals surface area contributed by atoms with E-state index in [1.807, 2.05) is 6.92 Å². The van der Waals surface area contributed by atoms with Gasteiger partial charge < -0.3 is 15.2 Å². The van der Waals surface area contributed by atoms with Crippen LogP contribution in [0.15, 0.2) is 23.0 Å². The SMILES string of the molecule is CCNc1ncc(Cl)c(NCc2ccno2)n1. The minimum atomic E-state index is 0.464. The van der Waals surface area contributed by atoms with E-state index in [0.717, 1.165) is 6.54 Å². The molecule has 0 aliphatic rings. The number of hydrogen-bond acceptors (Lipinski definition) is 6. The van der Waals surface area contributed by atoms with E-state index in [4.69, 9.17) is 16.1 Å². The summed E-state index contributed by atoms with van der Waals surface area (Å²) in [6.07, 6.45) is 3.14. The molecule has 0 unspecified atom stereocenters. The van der Waals surface area contributed by atoms with Gasteiger partial charge in [-0.2, -0.15) is 4.98 Å². The van der Waals surface area contributed by atoms with E-state index in [-0.39, 0.29) is 0 Å². The Bertz CT molecular complexity index is 474. The fourth-order valence-corrected chi connectivity index (χ4v) is 1.40. The molecule has 0 amide bonds.